The van der Waals surface area contributed by atoms with Gasteiger partial charge >= 0.3 is 6.01 Å². The highest BCUT2D eigenvalue weighted by Gasteiger charge is 2.27. The average Bonchev–Trinajstić information content (AvgIpc) is 3.30. The van der Waals surface area contributed by atoms with Gasteiger partial charge in [0.15, 0.2) is 10.7 Å². The van der Waals surface area contributed by atoms with Crippen LogP contribution in [0.15, 0.2) is 51.8 Å². The van der Waals surface area contributed by atoms with Crippen molar-refractivity contribution >= 4 is 53.8 Å². The van der Waals surface area contributed by atoms with Gasteiger partial charge in [0.05, 0.1) is 15.1 Å². The summed E-state index contributed by atoms with van der Waals surface area (Å²) in [7, 11) is -1.51. The van der Waals surface area contributed by atoms with Crippen LogP contribution in [0.3, 0.4) is 0 Å². The van der Waals surface area contributed by atoms with E-state index in [2.05, 4.69) is 20.2 Å². The lowest BCUT2D eigenvalue weighted by Gasteiger charge is -2.31. The van der Waals surface area contributed by atoms with E-state index < -0.39 is 10.0 Å². The Morgan fingerprint density at radius 2 is 1.83 bits per heavy atom. The lowest BCUT2D eigenvalue weighted by atomic mass is 10.3. The number of hydrogen-bond donors (Lipinski definition) is 1. The quantitative estimate of drug-likeness (QED) is 0.533. The molecule has 10 heteroatoms. The number of benzene rings is 2. The molecular formula is C19H19N5O3S2. The molecule has 1 aliphatic heterocycles. The summed E-state index contributed by atoms with van der Waals surface area (Å²) in [6.07, 6.45) is 0. The van der Waals surface area contributed by atoms with Gasteiger partial charge in [-0.05, 0) is 37.4 Å². The van der Waals surface area contributed by atoms with Crippen molar-refractivity contribution in [3.63, 3.8) is 0 Å². The normalized spacial score (nSPS) is 16.6. The number of oxazole rings is 1. The number of nitrogens with one attached hydrogen (secondary N) is 1. The van der Waals surface area contributed by atoms with Crippen molar-refractivity contribution in [3.05, 3.63) is 42.5 Å². The molecule has 2 aromatic carbocycles. The molecule has 0 amide bonds. The van der Waals surface area contributed by atoms with Crippen molar-refractivity contribution < 1.29 is 12.8 Å². The molecular weight excluding hydrogens is 410 g/mol. The molecule has 150 valence electrons. The largest absolute Gasteiger partial charge is 0.423 e. The number of rotatable bonds is 4. The lowest BCUT2D eigenvalue weighted by Crippen LogP contribution is -2.46. The molecule has 4 aromatic rings. The molecule has 0 radical (unpaired) electrons. The summed E-state index contributed by atoms with van der Waals surface area (Å²) in [4.78, 5) is 11.3. The van der Waals surface area contributed by atoms with Gasteiger partial charge in [-0.25, -0.2) is 13.4 Å². The predicted octanol–water partition coefficient (Wildman–Crippen LogP) is 3.12. The topological polar surface area (TPSA) is 91.6 Å². The van der Waals surface area contributed by atoms with Crippen LogP contribution >= 0.6 is 11.3 Å². The molecule has 0 saturated carbocycles. The minimum atomic E-state index is -3.51. The molecule has 0 aliphatic carbocycles. The van der Waals surface area contributed by atoms with E-state index in [1.54, 1.807) is 22.5 Å². The zero-order valence-electron chi connectivity index (χ0n) is 15.7. The molecule has 1 fully saturated rings. The number of nitrogens with zero attached hydrogens (tertiary/aromatic N) is 4. The molecule has 2 aromatic heterocycles. The molecule has 0 spiro atoms. The molecule has 5 rings (SSSR count). The summed E-state index contributed by atoms with van der Waals surface area (Å²) in [5.41, 5.74) is 2.18. The number of thiazole rings is 1. The van der Waals surface area contributed by atoms with Crippen LogP contribution in [0.4, 0.5) is 11.1 Å². The summed E-state index contributed by atoms with van der Waals surface area (Å²) < 4.78 is 34.0. The van der Waals surface area contributed by atoms with Gasteiger partial charge in [0.2, 0.25) is 10.0 Å². The fourth-order valence-electron chi connectivity index (χ4n) is 3.31. The summed E-state index contributed by atoms with van der Waals surface area (Å²) in [6, 6.07) is 12.9. The second-order valence-corrected chi connectivity index (χ2v) is 9.94. The number of fused-ring (bicyclic) bond motifs is 2. The van der Waals surface area contributed by atoms with Gasteiger partial charge in [-0.3, -0.25) is 5.32 Å². The van der Waals surface area contributed by atoms with Crippen LogP contribution in [-0.4, -0.2) is 60.8 Å². The van der Waals surface area contributed by atoms with Crippen LogP contribution in [0, 0.1) is 0 Å². The van der Waals surface area contributed by atoms with Crippen LogP contribution in [0.2, 0.25) is 0 Å². The number of likely N-dealkylation sites (N-methyl/N-ethyl adjacent to an activating group) is 1. The Labute approximate surface area is 171 Å². The second kappa shape index (κ2) is 7.06. The molecule has 0 bridgehead atoms. The molecule has 8 nitrogen and oxygen atoms in total. The van der Waals surface area contributed by atoms with Crippen LogP contribution in [0.5, 0.6) is 0 Å². The average molecular weight is 430 g/mol. The highest BCUT2D eigenvalue weighted by atomic mass is 32.2. The standard InChI is InChI=1S/C19H19N5O3S2/c1-23-8-10-24(11-9-23)29(25,26)13-6-7-15-17(12-13)28-19(21-15)22-18-20-14-4-2-3-5-16(14)27-18/h2-7,12H,8-11H2,1H3,(H,20,21,22). The van der Waals surface area contributed by atoms with Gasteiger partial charge in [0.25, 0.3) is 0 Å². The number of anilines is 2. The van der Waals surface area contributed by atoms with Crippen LogP contribution in [-0.2, 0) is 10.0 Å². The van der Waals surface area contributed by atoms with Gasteiger partial charge in [-0.2, -0.15) is 9.29 Å². The van der Waals surface area contributed by atoms with E-state index in [1.165, 1.54) is 11.3 Å². The van der Waals surface area contributed by atoms with E-state index in [1.807, 2.05) is 31.3 Å². The number of hydrogen-bond acceptors (Lipinski definition) is 8. The molecule has 1 aliphatic rings. The number of para-hydroxylation sites is 2. The van der Waals surface area contributed by atoms with Crippen molar-refractivity contribution in [1.29, 1.82) is 0 Å². The third kappa shape index (κ3) is 3.48. The first-order valence-corrected chi connectivity index (χ1v) is 11.5. The number of piperazine rings is 1. The van der Waals surface area contributed by atoms with Gasteiger partial charge in [-0.15, -0.1) is 0 Å². The molecule has 1 N–H and O–H groups in total. The van der Waals surface area contributed by atoms with Crippen molar-refractivity contribution in [2.75, 3.05) is 38.5 Å². The van der Waals surface area contributed by atoms with Crippen molar-refractivity contribution in [2.45, 2.75) is 4.90 Å². The fourth-order valence-corrected chi connectivity index (χ4v) is 5.73. The third-order valence-electron chi connectivity index (χ3n) is 4.97. The maximum absolute atomic E-state index is 13.0. The number of aromatic nitrogens is 2. The maximum Gasteiger partial charge on any atom is 0.302 e. The molecule has 1 saturated heterocycles. The summed E-state index contributed by atoms with van der Waals surface area (Å²) in [5, 5.41) is 3.67. The zero-order valence-corrected chi connectivity index (χ0v) is 17.3. The fraction of sp³-hybridized carbons (Fsp3) is 0.263. The lowest BCUT2D eigenvalue weighted by molar-refractivity contribution is 0.222. The van der Waals surface area contributed by atoms with Crippen LogP contribution < -0.4 is 5.32 Å². The predicted molar refractivity (Wildman–Crippen MR) is 113 cm³/mol. The summed E-state index contributed by atoms with van der Waals surface area (Å²) in [6.45, 7) is 2.48. The monoisotopic (exact) mass is 429 g/mol. The second-order valence-electron chi connectivity index (χ2n) is 6.97. The van der Waals surface area contributed by atoms with E-state index in [-0.39, 0.29) is 0 Å². The Balaban J connectivity index is 1.42. The molecule has 29 heavy (non-hydrogen) atoms. The van der Waals surface area contributed by atoms with E-state index in [0.717, 1.165) is 28.8 Å². The Morgan fingerprint density at radius 3 is 2.62 bits per heavy atom. The molecule has 3 heterocycles. The van der Waals surface area contributed by atoms with Gasteiger partial charge in [-0.1, -0.05) is 23.5 Å². The summed E-state index contributed by atoms with van der Waals surface area (Å²) >= 11 is 1.37. The Morgan fingerprint density at radius 1 is 1.03 bits per heavy atom. The Kier molecular flexibility index (Phi) is 4.50. The van der Waals surface area contributed by atoms with E-state index in [0.29, 0.717) is 34.7 Å². The van der Waals surface area contributed by atoms with Gasteiger partial charge < -0.3 is 9.32 Å². The molecule has 0 atom stereocenters. The maximum atomic E-state index is 13.0. The molecule has 0 unspecified atom stereocenters. The van der Waals surface area contributed by atoms with E-state index in [4.69, 9.17) is 4.42 Å². The van der Waals surface area contributed by atoms with Crippen molar-refractivity contribution in [2.24, 2.45) is 0 Å². The Bertz CT molecular complexity index is 1260. The van der Waals surface area contributed by atoms with E-state index in [9.17, 15) is 8.42 Å². The van der Waals surface area contributed by atoms with Crippen molar-refractivity contribution in [1.82, 2.24) is 19.2 Å². The van der Waals surface area contributed by atoms with Crippen molar-refractivity contribution in [3.8, 4) is 0 Å². The first-order chi connectivity index (χ1) is 14.0. The van der Waals surface area contributed by atoms with Gasteiger partial charge in [0, 0.05) is 26.2 Å². The number of sulfonamides is 1. The van der Waals surface area contributed by atoms with Crippen LogP contribution in [0.25, 0.3) is 21.3 Å². The van der Waals surface area contributed by atoms with E-state index >= 15 is 0 Å². The minimum Gasteiger partial charge on any atom is -0.423 e. The Hall–Kier alpha value is -2.53. The van der Waals surface area contributed by atoms with Crippen LogP contribution in [0.1, 0.15) is 0 Å². The first kappa shape index (κ1) is 18.5. The van der Waals surface area contributed by atoms with Gasteiger partial charge in [0.1, 0.15) is 5.52 Å². The third-order valence-corrected chi connectivity index (χ3v) is 7.80. The summed E-state index contributed by atoms with van der Waals surface area (Å²) in [5.74, 6) is 0. The highest BCUT2D eigenvalue weighted by molar-refractivity contribution is 7.89. The minimum absolute atomic E-state index is 0.298. The zero-order chi connectivity index (χ0) is 20.0. The SMILES string of the molecule is CN1CCN(S(=O)(=O)c2ccc3nc(Nc4nc5ccccc5o4)sc3c2)CC1. The first-order valence-electron chi connectivity index (χ1n) is 9.21. The smallest absolute Gasteiger partial charge is 0.302 e. The highest BCUT2D eigenvalue weighted by Crippen LogP contribution is 2.31.